The molecule has 98 valence electrons. The van der Waals surface area contributed by atoms with Crippen LogP contribution in [0.3, 0.4) is 0 Å². The molecule has 18 heavy (non-hydrogen) atoms. The smallest absolute Gasteiger partial charge is 0.394 e. The van der Waals surface area contributed by atoms with E-state index in [9.17, 15) is 14.7 Å². The molecule has 0 aromatic carbocycles. The van der Waals surface area contributed by atoms with E-state index in [0.717, 1.165) is 0 Å². The van der Waals surface area contributed by atoms with E-state index < -0.39 is 30.3 Å². The van der Waals surface area contributed by atoms with Gasteiger partial charge in [0.25, 0.3) is 0 Å². The predicted octanol–water partition coefficient (Wildman–Crippen LogP) is -1.27. The van der Waals surface area contributed by atoms with Gasteiger partial charge in [-0.2, -0.15) is 14.7 Å². The van der Waals surface area contributed by atoms with E-state index in [2.05, 4.69) is 5.32 Å². The minimum atomic E-state index is -0.754. The van der Waals surface area contributed by atoms with Crippen LogP contribution in [0.1, 0.15) is 13.3 Å². The molecule has 1 fully saturated rings. The van der Waals surface area contributed by atoms with Gasteiger partial charge in [0.15, 0.2) is 0 Å². The van der Waals surface area contributed by atoms with Crippen LogP contribution in [-0.4, -0.2) is 57.9 Å². The Balaban J connectivity index is 2.14. The molecule has 2 heterocycles. The lowest BCUT2D eigenvalue weighted by Gasteiger charge is -2.10. The maximum atomic E-state index is 11.5. The van der Waals surface area contributed by atoms with Gasteiger partial charge in [0.2, 0.25) is 0 Å². The summed E-state index contributed by atoms with van der Waals surface area (Å²) in [6, 6.07) is -0.559. The Labute approximate surface area is 103 Å². The number of imide groups is 1. The first-order chi connectivity index (χ1) is 8.51. The molecule has 1 saturated heterocycles. The quantitative estimate of drug-likeness (QED) is 0.535. The van der Waals surface area contributed by atoms with Crippen LogP contribution in [-0.2, 0) is 9.53 Å². The number of hydrogen-bond acceptors (Lipinski definition) is 5. The van der Waals surface area contributed by atoms with Crippen LogP contribution in [0.25, 0.3) is 0 Å². The molecule has 3 amide bonds. The van der Waals surface area contributed by atoms with E-state index in [1.165, 1.54) is 17.0 Å². The molecule has 0 saturated carbocycles. The van der Waals surface area contributed by atoms with E-state index in [1.807, 2.05) is 0 Å². The summed E-state index contributed by atoms with van der Waals surface area (Å²) in [4.78, 5) is 22.7. The summed E-state index contributed by atoms with van der Waals surface area (Å²) in [5.41, 5.74) is 0.406. The summed E-state index contributed by atoms with van der Waals surface area (Å²) >= 11 is 0. The van der Waals surface area contributed by atoms with Gasteiger partial charge in [-0.05, 0) is 6.92 Å². The minimum absolute atomic E-state index is 0.273. The maximum absolute atomic E-state index is 11.5. The lowest BCUT2D eigenvalue weighted by atomic mass is 10.1. The molecule has 3 atom stereocenters. The summed E-state index contributed by atoms with van der Waals surface area (Å²) in [6.45, 7) is 1.31. The van der Waals surface area contributed by atoms with Crippen molar-refractivity contribution in [1.82, 2.24) is 5.32 Å². The summed E-state index contributed by atoms with van der Waals surface area (Å²) in [5, 5.41) is 20.7. The van der Waals surface area contributed by atoms with Crippen molar-refractivity contribution in [3.63, 3.8) is 0 Å². The van der Waals surface area contributed by atoms with Gasteiger partial charge in [0.1, 0.15) is 24.6 Å². The van der Waals surface area contributed by atoms with Gasteiger partial charge in [-0.1, -0.05) is 0 Å². The SMILES string of the molecule is CC1=C/[N+](=C\C2C[C@H](O)[C@@H](CO)O2)C(=O)NC1=O. The fraction of sp³-hybridized carbons (Fsp3) is 0.545. The zero-order chi connectivity index (χ0) is 13.3. The van der Waals surface area contributed by atoms with E-state index in [0.29, 0.717) is 12.0 Å². The molecule has 0 spiro atoms. The van der Waals surface area contributed by atoms with E-state index in [4.69, 9.17) is 9.84 Å². The number of carbonyl (C=O) groups is 2. The Morgan fingerprint density at radius 2 is 2.33 bits per heavy atom. The highest BCUT2D eigenvalue weighted by atomic mass is 16.5. The highest BCUT2D eigenvalue weighted by molar-refractivity contribution is 6.03. The van der Waals surface area contributed by atoms with Crippen LogP contribution in [0.5, 0.6) is 0 Å². The van der Waals surface area contributed by atoms with Gasteiger partial charge >= 0.3 is 11.9 Å². The van der Waals surface area contributed by atoms with Gasteiger partial charge < -0.3 is 14.9 Å². The molecular formula is C11H15N2O5+. The van der Waals surface area contributed by atoms with Crippen LogP contribution >= 0.6 is 0 Å². The van der Waals surface area contributed by atoms with Gasteiger partial charge in [-0.3, -0.25) is 0 Å². The molecule has 2 aliphatic rings. The molecule has 2 rings (SSSR count). The number of amides is 3. The second kappa shape index (κ2) is 4.97. The zero-order valence-corrected chi connectivity index (χ0v) is 9.87. The molecule has 0 aromatic rings. The van der Waals surface area contributed by atoms with E-state index in [1.54, 1.807) is 6.92 Å². The molecular weight excluding hydrogens is 240 g/mol. The fourth-order valence-corrected chi connectivity index (χ4v) is 1.90. The zero-order valence-electron chi connectivity index (χ0n) is 9.87. The van der Waals surface area contributed by atoms with Crippen molar-refractivity contribution in [2.24, 2.45) is 0 Å². The number of hydrogen-bond donors (Lipinski definition) is 3. The van der Waals surface area contributed by atoms with Crippen molar-refractivity contribution in [2.45, 2.75) is 31.7 Å². The summed E-state index contributed by atoms with van der Waals surface area (Å²) in [6.07, 6.45) is 1.32. The Bertz CT molecular complexity index is 443. The largest absolute Gasteiger partial charge is 0.503 e. The van der Waals surface area contributed by atoms with Crippen molar-refractivity contribution >= 4 is 18.2 Å². The highest BCUT2D eigenvalue weighted by Gasteiger charge is 2.35. The Morgan fingerprint density at radius 1 is 1.61 bits per heavy atom. The molecule has 0 aliphatic carbocycles. The van der Waals surface area contributed by atoms with Crippen molar-refractivity contribution in [2.75, 3.05) is 6.61 Å². The van der Waals surface area contributed by atoms with Crippen LogP contribution in [0.4, 0.5) is 4.79 Å². The molecule has 7 heteroatoms. The van der Waals surface area contributed by atoms with Gasteiger partial charge in [0, 0.05) is 6.42 Å². The lowest BCUT2D eigenvalue weighted by Crippen LogP contribution is -2.41. The lowest BCUT2D eigenvalue weighted by molar-refractivity contribution is -0.351. The normalized spacial score (nSPS) is 34.7. The Kier molecular flexibility index (Phi) is 3.55. The number of urea groups is 1. The van der Waals surface area contributed by atoms with Gasteiger partial charge in [0.05, 0.1) is 18.3 Å². The minimum Gasteiger partial charge on any atom is -0.394 e. The predicted molar refractivity (Wildman–Crippen MR) is 60.0 cm³/mol. The fourth-order valence-electron chi connectivity index (χ4n) is 1.90. The number of carbonyl (C=O) groups excluding carboxylic acids is 2. The average molecular weight is 255 g/mol. The first-order valence-corrected chi connectivity index (χ1v) is 5.62. The molecule has 3 N–H and O–H groups in total. The van der Waals surface area contributed by atoms with Crippen molar-refractivity contribution in [3.05, 3.63) is 11.8 Å². The number of nitrogens with one attached hydrogen (secondary N) is 1. The number of ether oxygens (including phenoxy) is 1. The summed E-state index contributed by atoms with van der Waals surface area (Å²) < 4.78 is 6.56. The third-order valence-electron chi connectivity index (χ3n) is 2.91. The number of rotatable bonds is 2. The number of aliphatic hydroxyl groups is 2. The molecule has 0 bridgehead atoms. The summed E-state index contributed by atoms with van der Waals surface area (Å²) in [5.74, 6) is -0.426. The van der Waals surface area contributed by atoms with Crippen LogP contribution in [0, 0.1) is 0 Å². The molecule has 0 radical (unpaired) electrons. The maximum Gasteiger partial charge on any atom is 0.503 e. The monoisotopic (exact) mass is 255 g/mol. The third-order valence-corrected chi connectivity index (χ3v) is 2.91. The van der Waals surface area contributed by atoms with Crippen LogP contribution in [0.2, 0.25) is 0 Å². The van der Waals surface area contributed by atoms with Crippen molar-refractivity contribution in [1.29, 1.82) is 0 Å². The summed E-state index contributed by atoms with van der Waals surface area (Å²) in [7, 11) is 0. The van der Waals surface area contributed by atoms with Crippen molar-refractivity contribution < 1.29 is 29.1 Å². The molecule has 7 nitrogen and oxygen atoms in total. The van der Waals surface area contributed by atoms with Crippen LogP contribution < -0.4 is 5.32 Å². The number of aliphatic hydroxyl groups excluding tert-OH is 2. The van der Waals surface area contributed by atoms with Crippen molar-refractivity contribution in [3.8, 4) is 0 Å². The van der Waals surface area contributed by atoms with E-state index in [-0.39, 0.29) is 6.61 Å². The Morgan fingerprint density at radius 3 is 2.94 bits per heavy atom. The number of nitrogens with zero attached hydrogens (tertiary/aromatic N) is 1. The van der Waals surface area contributed by atoms with Crippen LogP contribution in [0.15, 0.2) is 11.8 Å². The topological polar surface area (TPSA) is 98.9 Å². The second-order valence-corrected chi connectivity index (χ2v) is 4.33. The standard InChI is InChI=1S/C11H14N2O5/c1-6-3-13(11(17)12-10(6)16)4-7-2-8(15)9(5-14)18-7/h3-4,7-9,14-15H,2,5H2,1H3/p+1/b13-4+/t7?,8-,9+/m0/s1. The molecule has 1 unspecified atom stereocenters. The highest BCUT2D eigenvalue weighted by Crippen LogP contribution is 2.19. The third kappa shape index (κ3) is 2.47. The second-order valence-electron chi connectivity index (χ2n) is 4.33. The molecule has 2 aliphatic heterocycles. The first kappa shape index (κ1) is 12.9. The van der Waals surface area contributed by atoms with Gasteiger partial charge in [-0.25, -0.2) is 4.79 Å². The molecule has 0 aromatic heterocycles. The first-order valence-electron chi connectivity index (χ1n) is 5.62. The Hall–Kier alpha value is -1.57. The van der Waals surface area contributed by atoms with E-state index >= 15 is 0 Å². The average Bonchev–Trinajstić information content (AvgIpc) is 2.66. The van der Waals surface area contributed by atoms with Gasteiger partial charge in [-0.15, -0.1) is 0 Å².